The summed E-state index contributed by atoms with van der Waals surface area (Å²) in [4.78, 5) is 0. The lowest BCUT2D eigenvalue weighted by atomic mass is 9.79. The van der Waals surface area contributed by atoms with Gasteiger partial charge >= 0.3 is 15.6 Å². The zero-order valence-electron chi connectivity index (χ0n) is 19.4. The molecule has 2 atom stereocenters. The fourth-order valence-electron chi connectivity index (χ4n) is 3.95. The lowest BCUT2D eigenvalue weighted by molar-refractivity contribution is -0.0524. The van der Waals surface area contributed by atoms with Crippen molar-refractivity contribution in [2.24, 2.45) is 5.92 Å². The van der Waals surface area contributed by atoms with Crippen molar-refractivity contribution in [2.45, 2.75) is 57.4 Å². The lowest BCUT2D eigenvalue weighted by Gasteiger charge is -2.27. The lowest BCUT2D eigenvalue weighted by Crippen LogP contribution is -2.26. The second-order valence-electron chi connectivity index (χ2n) is 8.30. The first-order valence-electron chi connectivity index (χ1n) is 10.6. The Morgan fingerprint density at radius 2 is 1.88 bits per heavy atom. The molecule has 0 bridgehead atoms. The molecule has 0 unspecified atom stereocenters. The molecule has 5 nitrogen and oxygen atoms in total. The molecule has 0 aromatic heterocycles. The van der Waals surface area contributed by atoms with Gasteiger partial charge in [0.25, 0.3) is 0 Å². The van der Waals surface area contributed by atoms with Crippen molar-refractivity contribution in [3.63, 3.8) is 0 Å². The van der Waals surface area contributed by atoms with Crippen molar-refractivity contribution in [2.75, 3.05) is 14.2 Å². The SMILES string of the molecule is C=C(C)CCCC1=C(OS(=O)(=O)C(F)(F)F)CC[C@@H](C)C(=C)[C@H]1c1cc(OC)ccc1OC. The molecule has 1 aromatic carbocycles. The Morgan fingerprint density at radius 3 is 2.42 bits per heavy atom. The highest BCUT2D eigenvalue weighted by molar-refractivity contribution is 7.87. The van der Waals surface area contributed by atoms with Crippen LogP contribution in [-0.4, -0.2) is 28.1 Å². The summed E-state index contributed by atoms with van der Waals surface area (Å²) >= 11 is 0. The summed E-state index contributed by atoms with van der Waals surface area (Å²) in [6.45, 7) is 11.9. The number of ether oxygens (including phenoxy) is 2. The van der Waals surface area contributed by atoms with E-state index in [4.69, 9.17) is 13.7 Å². The Hall–Kier alpha value is -2.42. The predicted molar refractivity (Wildman–Crippen MR) is 122 cm³/mol. The number of hydrogen-bond donors (Lipinski definition) is 0. The molecular formula is C24H31F3O5S. The standard InChI is InChI=1S/C24H31F3O5S/c1-15(2)8-7-9-19-22(32-33(28,29)24(25,26)27)12-10-16(3)17(4)23(19)20-14-18(30-5)11-13-21(20)31-6/h11,13-14,16,23H,1,4,7-10,12H2,2-3,5-6H3/t16-,23-/m1/s1. The van der Waals surface area contributed by atoms with Gasteiger partial charge in [-0.2, -0.15) is 21.6 Å². The van der Waals surface area contributed by atoms with E-state index >= 15 is 0 Å². The van der Waals surface area contributed by atoms with Crippen LogP contribution < -0.4 is 9.47 Å². The van der Waals surface area contributed by atoms with Gasteiger partial charge in [0.05, 0.1) is 14.2 Å². The molecule has 2 rings (SSSR count). The average Bonchev–Trinajstić information content (AvgIpc) is 2.84. The minimum atomic E-state index is -5.82. The van der Waals surface area contributed by atoms with Gasteiger partial charge in [0.2, 0.25) is 0 Å². The molecule has 0 radical (unpaired) electrons. The zero-order valence-corrected chi connectivity index (χ0v) is 20.2. The zero-order chi connectivity index (χ0) is 25.0. The molecular weight excluding hydrogens is 457 g/mol. The van der Waals surface area contributed by atoms with E-state index in [9.17, 15) is 21.6 Å². The van der Waals surface area contributed by atoms with Crippen molar-refractivity contribution in [1.29, 1.82) is 0 Å². The maximum absolute atomic E-state index is 13.2. The molecule has 0 aliphatic heterocycles. The third-order valence-electron chi connectivity index (χ3n) is 5.81. The van der Waals surface area contributed by atoms with Crippen molar-refractivity contribution in [3.05, 3.63) is 59.4 Å². The van der Waals surface area contributed by atoms with Crippen molar-refractivity contribution < 1.29 is 35.2 Å². The quantitative estimate of drug-likeness (QED) is 0.222. The fraction of sp³-hybridized carbons (Fsp3) is 0.500. The first kappa shape index (κ1) is 26.8. The number of allylic oxidation sites excluding steroid dienone is 4. The third-order valence-corrected chi connectivity index (χ3v) is 6.79. The molecule has 1 aromatic rings. The van der Waals surface area contributed by atoms with Gasteiger partial charge in [-0.05, 0) is 62.3 Å². The van der Waals surface area contributed by atoms with Crippen LogP contribution in [0, 0.1) is 5.92 Å². The molecule has 0 saturated carbocycles. The second kappa shape index (κ2) is 10.7. The van der Waals surface area contributed by atoms with E-state index < -0.39 is 21.5 Å². The number of hydrogen-bond acceptors (Lipinski definition) is 5. The van der Waals surface area contributed by atoms with Crippen molar-refractivity contribution in [1.82, 2.24) is 0 Å². The second-order valence-corrected chi connectivity index (χ2v) is 9.84. The number of halogens is 3. The molecule has 0 heterocycles. The highest BCUT2D eigenvalue weighted by Crippen LogP contribution is 2.48. The van der Waals surface area contributed by atoms with E-state index in [2.05, 4.69) is 13.2 Å². The van der Waals surface area contributed by atoms with E-state index in [-0.39, 0.29) is 18.1 Å². The van der Waals surface area contributed by atoms with Crippen LogP contribution in [0.2, 0.25) is 0 Å². The average molecular weight is 489 g/mol. The van der Waals surface area contributed by atoms with Gasteiger partial charge in [0.1, 0.15) is 17.3 Å². The van der Waals surface area contributed by atoms with Gasteiger partial charge in [-0.1, -0.05) is 24.6 Å². The van der Waals surface area contributed by atoms with Gasteiger partial charge in [0.15, 0.2) is 0 Å². The third kappa shape index (κ3) is 6.34. The Bertz CT molecular complexity index is 1030. The number of benzene rings is 1. The first-order chi connectivity index (χ1) is 15.3. The fourth-order valence-corrected chi connectivity index (χ4v) is 4.50. The van der Waals surface area contributed by atoms with Crippen LogP contribution in [0.3, 0.4) is 0 Å². The normalized spacial score (nSPS) is 19.8. The number of alkyl halides is 3. The van der Waals surface area contributed by atoms with Crippen LogP contribution in [0.15, 0.2) is 53.8 Å². The summed E-state index contributed by atoms with van der Waals surface area (Å²) in [5, 5.41) is 0. The van der Waals surface area contributed by atoms with Crippen molar-refractivity contribution >= 4 is 10.1 Å². The molecule has 0 N–H and O–H groups in total. The van der Waals surface area contributed by atoms with E-state index in [1.165, 1.54) is 14.2 Å². The molecule has 0 amide bonds. The maximum atomic E-state index is 13.2. The van der Waals surface area contributed by atoms with Crippen LogP contribution in [0.5, 0.6) is 11.5 Å². The predicted octanol–water partition coefficient (Wildman–Crippen LogP) is 6.64. The van der Waals surface area contributed by atoms with E-state index in [1.807, 2.05) is 13.8 Å². The Labute approximate surface area is 194 Å². The van der Waals surface area contributed by atoms with Crippen LogP contribution in [0.25, 0.3) is 0 Å². The van der Waals surface area contributed by atoms with Gasteiger partial charge in [0, 0.05) is 17.9 Å². The maximum Gasteiger partial charge on any atom is 0.534 e. The van der Waals surface area contributed by atoms with Crippen LogP contribution >= 0.6 is 0 Å². The van der Waals surface area contributed by atoms with Crippen LogP contribution in [0.1, 0.15) is 57.4 Å². The van der Waals surface area contributed by atoms with Gasteiger partial charge < -0.3 is 13.7 Å². The van der Waals surface area contributed by atoms with Gasteiger partial charge in [-0.15, -0.1) is 6.58 Å². The highest BCUT2D eigenvalue weighted by atomic mass is 32.2. The smallest absolute Gasteiger partial charge is 0.497 e. The monoisotopic (exact) mass is 488 g/mol. The molecule has 9 heteroatoms. The summed E-state index contributed by atoms with van der Waals surface area (Å²) in [5.74, 6) is 0.135. The minimum absolute atomic E-state index is 0.0423. The molecule has 0 spiro atoms. The van der Waals surface area contributed by atoms with Gasteiger partial charge in [-0.3, -0.25) is 0 Å². The topological polar surface area (TPSA) is 61.8 Å². The highest BCUT2D eigenvalue weighted by Gasteiger charge is 2.49. The summed E-state index contributed by atoms with van der Waals surface area (Å²) in [6.07, 6.45) is 1.95. The van der Waals surface area contributed by atoms with E-state index in [0.717, 1.165) is 11.1 Å². The number of rotatable bonds is 9. The van der Waals surface area contributed by atoms with Crippen LogP contribution in [0.4, 0.5) is 13.2 Å². The van der Waals surface area contributed by atoms with Crippen molar-refractivity contribution in [3.8, 4) is 11.5 Å². The van der Waals surface area contributed by atoms with E-state index in [0.29, 0.717) is 48.3 Å². The first-order valence-corrected chi connectivity index (χ1v) is 12.0. The summed E-state index contributed by atoms with van der Waals surface area (Å²) < 4.78 is 79.0. The molecule has 1 aliphatic rings. The minimum Gasteiger partial charge on any atom is -0.497 e. The van der Waals surface area contributed by atoms with Crippen LogP contribution in [-0.2, 0) is 14.3 Å². The summed E-state index contributed by atoms with van der Waals surface area (Å²) in [6, 6.07) is 5.15. The Kier molecular flexibility index (Phi) is 8.68. The molecule has 33 heavy (non-hydrogen) atoms. The Morgan fingerprint density at radius 1 is 1.21 bits per heavy atom. The van der Waals surface area contributed by atoms with E-state index in [1.54, 1.807) is 18.2 Å². The molecule has 0 saturated heterocycles. The van der Waals surface area contributed by atoms with Gasteiger partial charge in [-0.25, -0.2) is 0 Å². The molecule has 0 fully saturated rings. The Balaban J connectivity index is 2.74. The molecule has 1 aliphatic carbocycles. The largest absolute Gasteiger partial charge is 0.534 e. The summed E-state index contributed by atoms with van der Waals surface area (Å²) in [5.41, 5.74) is -2.79. The summed E-state index contributed by atoms with van der Waals surface area (Å²) in [7, 11) is -2.82. The molecule has 184 valence electrons. The number of methoxy groups -OCH3 is 2.